The Bertz CT molecular complexity index is 1060. The van der Waals surface area contributed by atoms with Gasteiger partial charge in [0, 0.05) is 33.0 Å². The number of hydrogen-bond donors (Lipinski definition) is 0. The number of ether oxygens (including phenoxy) is 1. The van der Waals surface area contributed by atoms with Gasteiger partial charge in [0.25, 0.3) is 0 Å². The number of methoxy groups -OCH3 is 1. The first kappa shape index (κ1) is 23.3. The lowest BCUT2D eigenvalue weighted by Gasteiger charge is -2.18. The first-order valence-corrected chi connectivity index (χ1v) is 11.2. The second kappa shape index (κ2) is 8.62. The first-order valence-electron chi connectivity index (χ1n) is 9.64. The number of amides is 1. The summed E-state index contributed by atoms with van der Waals surface area (Å²) in [6.45, 7) is -0.0616. The van der Waals surface area contributed by atoms with Gasteiger partial charge in [-0.15, -0.1) is 0 Å². The number of carbonyl (C=O) groups is 1. The van der Waals surface area contributed by atoms with E-state index in [1.54, 1.807) is 14.1 Å². The molecule has 0 spiro atoms. The van der Waals surface area contributed by atoms with E-state index in [2.05, 4.69) is 5.10 Å². The van der Waals surface area contributed by atoms with E-state index in [4.69, 9.17) is 4.74 Å². The molecular formula is C20H24F3N3O4S. The zero-order chi connectivity index (χ0) is 23.0. The molecule has 1 fully saturated rings. The van der Waals surface area contributed by atoms with Crippen LogP contribution in [-0.2, 0) is 32.1 Å². The molecule has 1 amide bonds. The molecule has 1 aliphatic carbocycles. The Morgan fingerprint density at radius 3 is 2.55 bits per heavy atom. The van der Waals surface area contributed by atoms with Gasteiger partial charge in [-0.2, -0.15) is 18.3 Å². The Kier molecular flexibility index (Phi) is 6.47. The normalized spacial score (nSPS) is 19.5. The smallest absolute Gasteiger partial charge is 0.381 e. The van der Waals surface area contributed by atoms with Crippen LogP contribution in [0.2, 0.25) is 0 Å². The maximum absolute atomic E-state index is 13.8. The second-order valence-corrected chi connectivity index (χ2v) is 9.96. The van der Waals surface area contributed by atoms with Crippen LogP contribution in [0.25, 0.3) is 11.1 Å². The fourth-order valence-electron chi connectivity index (χ4n) is 3.63. The molecule has 1 heterocycles. The van der Waals surface area contributed by atoms with Crippen LogP contribution in [-0.4, -0.2) is 61.6 Å². The largest absolute Gasteiger partial charge is 0.417 e. The van der Waals surface area contributed by atoms with E-state index >= 15 is 0 Å². The van der Waals surface area contributed by atoms with E-state index < -0.39 is 31.7 Å². The fourth-order valence-corrected chi connectivity index (χ4v) is 5.65. The van der Waals surface area contributed by atoms with Gasteiger partial charge in [0.1, 0.15) is 6.54 Å². The number of sulfone groups is 1. The van der Waals surface area contributed by atoms with Crippen LogP contribution in [0.4, 0.5) is 13.2 Å². The van der Waals surface area contributed by atoms with Crippen molar-refractivity contribution in [2.24, 2.45) is 0 Å². The molecule has 1 aromatic heterocycles. The third-order valence-electron chi connectivity index (χ3n) is 5.46. The Hall–Kier alpha value is -2.40. The highest BCUT2D eigenvalue weighted by molar-refractivity contribution is 7.92. The zero-order valence-electron chi connectivity index (χ0n) is 17.4. The van der Waals surface area contributed by atoms with Crippen molar-refractivity contribution in [2.45, 2.75) is 48.2 Å². The predicted octanol–water partition coefficient (Wildman–Crippen LogP) is 3.00. The van der Waals surface area contributed by atoms with E-state index in [1.165, 1.54) is 35.2 Å². The Morgan fingerprint density at radius 1 is 1.26 bits per heavy atom. The van der Waals surface area contributed by atoms with Gasteiger partial charge in [-0.3, -0.25) is 9.48 Å². The molecule has 0 radical (unpaired) electrons. The van der Waals surface area contributed by atoms with Crippen LogP contribution in [0.15, 0.2) is 35.5 Å². The summed E-state index contributed by atoms with van der Waals surface area (Å²) >= 11 is 0. The lowest BCUT2D eigenvalue weighted by Crippen LogP contribution is -2.26. The average molecular weight is 459 g/mol. The summed E-state index contributed by atoms with van der Waals surface area (Å²) in [5.41, 5.74) is -0.694. The Labute approximate surface area is 178 Å². The van der Waals surface area contributed by atoms with Crippen LogP contribution < -0.4 is 0 Å². The van der Waals surface area contributed by atoms with Crippen molar-refractivity contribution >= 4 is 15.7 Å². The number of halogens is 3. The van der Waals surface area contributed by atoms with Crippen molar-refractivity contribution in [1.82, 2.24) is 14.7 Å². The minimum atomic E-state index is -4.85. The minimum Gasteiger partial charge on any atom is -0.381 e. The summed E-state index contributed by atoms with van der Waals surface area (Å²) in [5.74, 6) is -0.224. The number of hydrogen-bond acceptors (Lipinski definition) is 5. The lowest BCUT2D eigenvalue weighted by molar-refractivity contribution is -0.139. The Balaban J connectivity index is 1.97. The average Bonchev–Trinajstić information content (AvgIpc) is 3.36. The van der Waals surface area contributed by atoms with Crippen LogP contribution in [0.1, 0.15) is 24.8 Å². The molecule has 2 atom stereocenters. The van der Waals surface area contributed by atoms with Crippen molar-refractivity contribution < 1.29 is 31.1 Å². The molecule has 170 valence electrons. The van der Waals surface area contributed by atoms with Gasteiger partial charge in [-0.05, 0) is 37.0 Å². The maximum Gasteiger partial charge on any atom is 0.417 e. The summed E-state index contributed by atoms with van der Waals surface area (Å²) in [6, 6.07) is 3.17. The van der Waals surface area contributed by atoms with Gasteiger partial charge >= 0.3 is 6.18 Å². The number of aromatic nitrogens is 2. The van der Waals surface area contributed by atoms with Crippen LogP contribution >= 0.6 is 0 Å². The zero-order valence-corrected chi connectivity index (χ0v) is 18.2. The molecule has 1 aromatic carbocycles. The molecule has 3 rings (SSSR count). The number of rotatable bonds is 6. The molecule has 0 aliphatic heterocycles. The molecule has 31 heavy (non-hydrogen) atoms. The predicted molar refractivity (Wildman–Crippen MR) is 107 cm³/mol. The monoisotopic (exact) mass is 459 g/mol. The van der Waals surface area contributed by atoms with Crippen molar-refractivity contribution in [3.8, 4) is 11.1 Å². The molecule has 0 saturated heterocycles. The van der Waals surface area contributed by atoms with Gasteiger partial charge in [0.15, 0.2) is 9.84 Å². The summed E-state index contributed by atoms with van der Waals surface area (Å²) in [6.07, 6.45) is -1.42. The van der Waals surface area contributed by atoms with E-state index in [9.17, 15) is 26.4 Å². The SMILES string of the molecule is CO[C@H]1CC[C@@H](S(=O)(=O)c2ccc(-c3cnn(CC(=O)N(C)C)c3)cc2C(F)(F)F)C1. The van der Waals surface area contributed by atoms with Crippen LogP contribution in [0.5, 0.6) is 0 Å². The number of carbonyl (C=O) groups excluding carboxylic acids is 1. The van der Waals surface area contributed by atoms with Crippen LogP contribution in [0.3, 0.4) is 0 Å². The molecule has 0 unspecified atom stereocenters. The van der Waals surface area contributed by atoms with E-state index in [1.807, 2.05) is 0 Å². The fraction of sp³-hybridized carbons (Fsp3) is 0.500. The summed E-state index contributed by atoms with van der Waals surface area (Å²) < 4.78 is 73.9. The van der Waals surface area contributed by atoms with Crippen LogP contribution in [0, 0.1) is 0 Å². The number of likely N-dealkylation sites (N-methyl/N-ethyl adjacent to an activating group) is 1. The highest BCUT2D eigenvalue weighted by atomic mass is 32.2. The van der Waals surface area contributed by atoms with E-state index in [0.717, 1.165) is 12.1 Å². The second-order valence-electron chi connectivity index (χ2n) is 7.76. The molecule has 7 nitrogen and oxygen atoms in total. The highest BCUT2D eigenvalue weighted by Gasteiger charge is 2.42. The van der Waals surface area contributed by atoms with E-state index in [-0.39, 0.29) is 37.0 Å². The molecule has 0 N–H and O–H groups in total. The standard InChI is InChI=1S/C20H24F3N3O4S/c1-25(2)19(27)12-26-11-14(10-24-26)13-4-7-18(17(8-13)20(21,22)23)31(28,29)16-6-5-15(9-16)30-3/h4,7-8,10-11,15-16H,5-6,9,12H2,1-3H3/t15-,16+/m0/s1. The van der Waals surface area contributed by atoms with Crippen molar-refractivity contribution in [2.75, 3.05) is 21.2 Å². The van der Waals surface area contributed by atoms with Crippen molar-refractivity contribution in [1.29, 1.82) is 0 Å². The highest BCUT2D eigenvalue weighted by Crippen LogP contribution is 2.40. The number of benzene rings is 1. The molecule has 0 bridgehead atoms. The number of alkyl halides is 3. The van der Waals surface area contributed by atoms with Gasteiger partial charge in [-0.1, -0.05) is 6.07 Å². The minimum absolute atomic E-state index is 0.0616. The molecular weight excluding hydrogens is 435 g/mol. The quantitative estimate of drug-likeness (QED) is 0.664. The van der Waals surface area contributed by atoms with E-state index in [0.29, 0.717) is 12.0 Å². The molecule has 11 heteroatoms. The third-order valence-corrected chi connectivity index (χ3v) is 7.74. The Morgan fingerprint density at radius 2 is 1.97 bits per heavy atom. The molecule has 2 aromatic rings. The lowest BCUT2D eigenvalue weighted by atomic mass is 10.1. The maximum atomic E-state index is 13.8. The summed E-state index contributed by atoms with van der Waals surface area (Å²) in [4.78, 5) is 12.5. The van der Waals surface area contributed by atoms with Gasteiger partial charge in [0.2, 0.25) is 5.91 Å². The molecule has 1 aliphatic rings. The van der Waals surface area contributed by atoms with Crippen molar-refractivity contribution in [3.63, 3.8) is 0 Å². The summed E-state index contributed by atoms with van der Waals surface area (Å²) in [5, 5.41) is 3.10. The topological polar surface area (TPSA) is 81.5 Å². The molecule has 1 saturated carbocycles. The third kappa shape index (κ3) is 4.93. The number of nitrogens with zero attached hydrogens (tertiary/aromatic N) is 3. The first-order chi connectivity index (χ1) is 14.4. The van der Waals surface area contributed by atoms with Gasteiger partial charge < -0.3 is 9.64 Å². The summed E-state index contributed by atoms with van der Waals surface area (Å²) in [7, 11) is 0.443. The van der Waals surface area contributed by atoms with Gasteiger partial charge in [-0.25, -0.2) is 8.42 Å². The van der Waals surface area contributed by atoms with Gasteiger partial charge in [0.05, 0.1) is 28.0 Å². The van der Waals surface area contributed by atoms with Crippen molar-refractivity contribution in [3.05, 3.63) is 36.2 Å².